The van der Waals surface area contributed by atoms with Crippen LogP contribution in [0.25, 0.3) is 0 Å². The lowest BCUT2D eigenvalue weighted by atomic mass is 10.4. The van der Waals surface area contributed by atoms with Crippen molar-refractivity contribution in [2.75, 3.05) is 5.32 Å². The predicted molar refractivity (Wildman–Crippen MR) is 54.7 cm³/mol. The van der Waals surface area contributed by atoms with Crippen LogP contribution in [0.3, 0.4) is 0 Å². The van der Waals surface area contributed by atoms with E-state index in [0.717, 1.165) is 6.20 Å². The summed E-state index contributed by atoms with van der Waals surface area (Å²) < 4.78 is 21.9. The van der Waals surface area contributed by atoms with Crippen LogP contribution in [-0.2, 0) is 13.1 Å². The van der Waals surface area contributed by atoms with Crippen LogP contribution in [-0.4, -0.2) is 19.3 Å². The van der Waals surface area contributed by atoms with Crippen LogP contribution in [0.5, 0.6) is 0 Å². The molecule has 0 radical (unpaired) electrons. The van der Waals surface area contributed by atoms with Crippen LogP contribution in [0.2, 0.25) is 0 Å². The molecular weight excluding hydrogens is 272 g/mol. The Hall–Kier alpha value is -0.950. The van der Waals surface area contributed by atoms with Gasteiger partial charge in [-0.05, 0) is 12.1 Å². The van der Waals surface area contributed by atoms with Gasteiger partial charge in [0.05, 0.1) is 19.7 Å². The van der Waals surface area contributed by atoms with Gasteiger partial charge in [-0.3, -0.25) is 4.79 Å². The van der Waals surface area contributed by atoms with Gasteiger partial charge in [0.25, 0.3) is 0 Å². The molecule has 1 amide bonds. The largest absolute Gasteiger partial charge is 0.311 e. The minimum atomic E-state index is -3.41. The van der Waals surface area contributed by atoms with Crippen molar-refractivity contribution in [3.05, 3.63) is 18.3 Å². The second kappa shape index (κ2) is 4.05. The highest BCUT2D eigenvalue weighted by molar-refractivity contribution is 9.47. The summed E-state index contributed by atoms with van der Waals surface area (Å²) in [4.78, 5) is 14.4. The molecule has 1 N–H and O–H groups in total. The Balaban J connectivity index is 2.95. The summed E-state index contributed by atoms with van der Waals surface area (Å²) in [5.41, 5.74) is 0. The van der Waals surface area contributed by atoms with Gasteiger partial charge < -0.3 is 5.32 Å². The smallest absolute Gasteiger partial charge is 0.239 e. The van der Waals surface area contributed by atoms with Crippen LogP contribution >= 0.6 is 14.8 Å². The van der Waals surface area contributed by atoms with Crippen molar-refractivity contribution in [2.24, 2.45) is 0 Å². The number of nitrogens with zero attached hydrogens (tertiary/aromatic N) is 1. The normalized spacial score (nSPS) is 11.0. The van der Waals surface area contributed by atoms with E-state index < -0.39 is 8.27 Å². The Bertz CT molecular complexity index is 441. The molecule has 0 saturated carbocycles. The summed E-state index contributed by atoms with van der Waals surface area (Å²) in [6.07, 6.45) is 1.16. The summed E-state index contributed by atoms with van der Waals surface area (Å²) in [5, 5.41) is 2.42. The molecule has 0 unspecified atom stereocenters. The minimum absolute atomic E-state index is 0.0478. The summed E-state index contributed by atoms with van der Waals surface area (Å²) >= 11 is 2.51. The third-order valence-corrected chi connectivity index (χ3v) is 3.25. The molecule has 1 rings (SSSR count). The molecule has 7 heteroatoms. The highest BCUT2D eigenvalue weighted by Crippen LogP contribution is 2.16. The lowest BCUT2D eigenvalue weighted by molar-refractivity contribution is -0.114. The topological polar surface area (TPSA) is 76.1 Å². The van der Waals surface area contributed by atoms with E-state index in [4.69, 9.17) is 0 Å². The fourth-order valence-corrected chi connectivity index (χ4v) is 1.76. The molecule has 1 aromatic rings. The highest BCUT2D eigenvalue weighted by Gasteiger charge is 2.09. The van der Waals surface area contributed by atoms with Crippen molar-refractivity contribution in [1.29, 1.82) is 0 Å². The first-order valence-corrected chi connectivity index (χ1v) is 6.90. The lowest BCUT2D eigenvalue weighted by Gasteiger charge is -2.00. The maximum atomic E-state index is 11.0. The Labute approximate surface area is 88.7 Å². The van der Waals surface area contributed by atoms with E-state index in [1.807, 2.05) is 0 Å². The number of halogens is 1. The minimum Gasteiger partial charge on any atom is -0.311 e. The second-order valence-corrected chi connectivity index (χ2v) is 6.40. The van der Waals surface area contributed by atoms with Crippen LogP contribution in [0.1, 0.15) is 6.92 Å². The van der Waals surface area contributed by atoms with Gasteiger partial charge in [0.2, 0.25) is 14.2 Å². The van der Waals surface area contributed by atoms with Gasteiger partial charge >= 0.3 is 0 Å². The number of amides is 1. The van der Waals surface area contributed by atoms with Crippen molar-refractivity contribution in [3.63, 3.8) is 0 Å². The average Bonchev–Trinajstić information content (AvgIpc) is 2.02. The number of carbonyl (C=O) groups excluding carboxylic acids is 1. The van der Waals surface area contributed by atoms with Crippen molar-refractivity contribution < 1.29 is 13.2 Å². The first-order chi connectivity index (χ1) is 6.39. The molecule has 5 nitrogen and oxygen atoms in total. The Morgan fingerprint density at radius 1 is 1.50 bits per heavy atom. The molecule has 0 atom stereocenters. The molecule has 0 spiro atoms. The number of hydrogen-bond donors (Lipinski definition) is 1. The van der Waals surface area contributed by atoms with Crippen LogP contribution < -0.4 is 5.32 Å². The fraction of sp³-hybridized carbons (Fsp3) is 0.143. The molecule has 76 valence electrons. The van der Waals surface area contributed by atoms with Crippen molar-refractivity contribution in [1.82, 2.24) is 4.98 Å². The molecule has 0 aliphatic carbocycles. The average molecular weight is 279 g/mol. The highest BCUT2D eigenvalue weighted by atomic mass is 79.9. The van der Waals surface area contributed by atoms with E-state index in [0.29, 0.717) is 5.82 Å². The number of anilines is 1. The van der Waals surface area contributed by atoms with Crippen molar-refractivity contribution >= 4 is 34.8 Å². The number of hydrogen-bond acceptors (Lipinski definition) is 4. The number of pyridine rings is 1. The van der Waals surface area contributed by atoms with E-state index in [-0.39, 0.29) is 10.8 Å². The van der Waals surface area contributed by atoms with E-state index in [2.05, 4.69) is 25.1 Å². The van der Waals surface area contributed by atoms with Gasteiger partial charge in [-0.2, -0.15) is 0 Å². The molecule has 0 fully saturated rings. The standard InChI is InChI=1S/C7H7BrN2O3S/c1-5(11)10-7-3-2-6(4-9-7)14(8,12)13/h2-4H,1H3,(H,9,10,11). The monoisotopic (exact) mass is 278 g/mol. The van der Waals surface area contributed by atoms with Crippen LogP contribution in [0.15, 0.2) is 23.2 Å². The summed E-state index contributed by atoms with van der Waals surface area (Å²) in [5.74, 6) is 0.0596. The zero-order valence-electron chi connectivity index (χ0n) is 7.19. The predicted octanol–water partition coefficient (Wildman–Crippen LogP) is 1.12. The quantitative estimate of drug-likeness (QED) is 0.823. The van der Waals surface area contributed by atoms with Gasteiger partial charge in [-0.15, -0.1) is 0 Å². The fourth-order valence-electron chi connectivity index (χ4n) is 0.779. The lowest BCUT2D eigenvalue weighted by Crippen LogP contribution is -2.07. The van der Waals surface area contributed by atoms with E-state index in [1.54, 1.807) is 0 Å². The first kappa shape index (κ1) is 11.1. The molecule has 1 heterocycles. The first-order valence-electron chi connectivity index (χ1n) is 3.58. The molecule has 0 aromatic carbocycles. The Morgan fingerprint density at radius 3 is 2.50 bits per heavy atom. The Kier molecular flexibility index (Phi) is 3.22. The SMILES string of the molecule is CC(=O)Nc1ccc(S(=O)(=O)Br)cn1. The number of rotatable bonds is 2. The van der Waals surface area contributed by atoms with Crippen molar-refractivity contribution in [2.45, 2.75) is 11.8 Å². The zero-order chi connectivity index (χ0) is 10.8. The van der Waals surface area contributed by atoms with E-state index in [9.17, 15) is 13.2 Å². The molecule has 14 heavy (non-hydrogen) atoms. The van der Waals surface area contributed by atoms with Gasteiger partial charge in [0.15, 0.2) is 0 Å². The number of aromatic nitrogens is 1. The maximum absolute atomic E-state index is 11.0. The summed E-state index contributed by atoms with van der Waals surface area (Å²) in [6.45, 7) is 1.34. The van der Waals surface area contributed by atoms with Crippen LogP contribution in [0, 0.1) is 0 Å². The molecule has 0 aliphatic rings. The van der Waals surface area contributed by atoms with Gasteiger partial charge in [-0.1, -0.05) is 0 Å². The molecular formula is C7H7BrN2O3S. The summed E-state index contributed by atoms with van der Waals surface area (Å²) in [7, 11) is -3.41. The second-order valence-electron chi connectivity index (χ2n) is 2.50. The zero-order valence-corrected chi connectivity index (χ0v) is 9.59. The van der Waals surface area contributed by atoms with E-state index in [1.165, 1.54) is 19.1 Å². The van der Waals surface area contributed by atoms with Gasteiger partial charge in [-0.25, -0.2) is 13.4 Å². The molecule has 0 aliphatic heterocycles. The van der Waals surface area contributed by atoms with Gasteiger partial charge in [0.1, 0.15) is 5.82 Å². The van der Waals surface area contributed by atoms with Crippen LogP contribution in [0.4, 0.5) is 5.82 Å². The number of carbonyl (C=O) groups is 1. The molecule has 0 saturated heterocycles. The van der Waals surface area contributed by atoms with E-state index >= 15 is 0 Å². The van der Waals surface area contributed by atoms with Crippen molar-refractivity contribution in [3.8, 4) is 0 Å². The number of nitrogens with one attached hydrogen (secondary N) is 1. The van der Waals surface area contributed by atoms with Gasteiger partial charge in [0, 0.05) is 13.1 Å². The maximum Gasteiger partial charge on any atom is 0.239 e. The third-order valence-electron chi connectivity index (χ3n) is 1.32. The Morgan fingerprint density at radius 2 is 2.14 bits per heavy atom. The third kappa shape index (κ3) is 3.08. The molecule has 1 aromatic heterocycles. The summed E-state index contributed by atoms with van der Waals surface area (Å²) in [6, 6.07) is 2.76. The molecule has 0 bridgehead atoms.